The van der Waals surface area contributed by atoms with E-state index in [4.69, 9.17) is 5.11 Å². The van der Waals surface area contributed by atoms with Gasteiger partial charge in [-0.15, -0.1) is 0 Å². The minimum Gasteiger partial charge on any atom is -0.481 e. The van der Waals surface area contributed by atoms with E-state index in [1.54, 1.807) is 4.68 Å². The van der Waals surface area contributed by atoms with Crippen LogP contribution in [0, 0.1) is 5.92 Å². The Morgan fingerprint density at radius 2 is 2.33 bits per heavy atom. The second-order valence-corrected chi connectivity index (χ2v) is 5.41. The summed E-state index contributed by atoms with van der Waals surface area (Å²) >= 11 is 1.03. The lowest BCUT2D eigenvalue weighted by Gasteiger charge is -2.13. The molecular formula is C11H14F2N2O2S. The van der Waals surface area contributed by atoms with Crippen LogP contribution < -0.4 is 0 Å². The van der Waals surface area contributed by atoms with Gasteiger partial charge in [-0.25, -0.2) is 8.78 Å². The standard InChI is InChI=1S/C11H14F2N2O2S/c1-6(7-2-3-7)15-9(18-5-10(16)17)4-8(14-15)11(12)13/h4,6-7,11H,2-3,5H2,1H3,(H,16,17). The highest BCUT2D eigenvalue weighted by Gasteiger charge is 2.32. The first-order chi connectivity index (χ1) is 8.49. The molecule has 0 bridgehead atoms. The normalized spacial score (nSPS) is 17.1. The molecule has 2 rings (SSSR count). The number of carbonyl (C=O) groups is 1. The molecule has 1 fully saturated rings. The Balaban J connectivity index is 2.20. The van der Waals surface area contributed by atoms with Crippen molar-refractivity contribution in [3.63, 3.8) is 0 Å². The lowest BCUT2D eigenvalue weighted by atomic mass is 10.2. The minimum absolute atomic E-state index is 0.0498. The average molecular weight is 276 g/mol. The number of halogens is 2. The number of thioether (sulfide) groups is 1. The molecule has 1 N–H and O–H groups in total. The Morgan fingerprint density at radius 1 is 1.67 bits per heavy atom. The summed E-state index contributed by atoms with van der Waals surface area (Å²) in [6.45, 7) is 1.94. The highest BCUT2D eigenvalue weighted by atomic mass is 32.2. The molecule has 0 aliphatic heterocycles. The molecule has 18 heavy (non-hydrogen) atoms. The van der Waals surface area contributed by atoms with Crippen LogP contribution in [0.5, 0.6) is 0 Å². The van der Waals surface area contributed by atoms with Crippen LogP contribution in [0.3, 0.4) is 0 Å². The largest absolute Gasteiger partial charge is 0.481 e. The van der Waals surface area contributed by atoms with Crippen molar-refractivity contribution >= 4 is 17.7 Å². The van der Waals surface area contributed by atoms with E-state index in [0.717, 1.165) is 24.6 Å². The highest BCUT2D eigenvalue weighted by molar-refractivity contribution is 7.99. The Morgan fingerprint density at radius 3 is 2.83 bits per heavy atom. The summed E-state index contributed by atoms with van der Waals surface area (Å²) in [4.78, 5) is 10.5. The maximum atomic E-state index is 12.6. The fourth-order valence-electron chi connectivity index (χ4n) is 1.82. The molecule has 0 amide bonds. The smallest absolute Gasteiger partial charge is 0.313 e. The Hall–Kier alpha value is -1.11. The maximum Gasteiger partial charge on any atom is 0.313 e. The van der Waals surface area contributed by atoms with Gasteiger partial charge in [0.2, 0.25) is 0 Å². The Kier molecular flexibility index (Phi) is 3.89. The summed E-state index contributed by atoms with van der Waals surface area (Å²) in [5.41, 5.74) is -0.282. The highest BCUT2D eigenvalue weighted by Crippen LogP contribution is 2.41. The van der Waals surface area contributed by atoms with Crippen LogP contribution in [0.1, 0.15) is 37.9 Å². The molecule has 1 aromatic heterocycles. The quantitative estimate of drug-likeness (QED) is 0.812. The van der Waals surface area contributed by atoms with Gasteiger partial charge in [0.1, 0.15) is 5.69 Å². The molecule has 1 aromatic rings. The first kappa shape index (κ1) is 13.3. The maximum absolute atomic E-state index is 12.6. The van der Waals surface area contributed by atoms with Gasteiger partial charge < -0.3 is 5.11 Å². The molecule has 1 heterocycles. The van der Waals surface area contributed by atoms with Gasteiger partial charge in [0.15, 0.2) is 0 Å². The van der Waals surface area contributed by atoms with E-state index in [2.05, 4.69) is 5.10 Å². The molecule has 4 nitrogen and oxygen atoms in total. The lowest BCUT2D eigenvalue weighted by Crippen LogP contribution is -2.11. The summed E-state index contributed by atoms with van der Waals surface area (Å²) in [6.07, 6.45) is -0.468. The van der Waals surface area contributed by atoms with Gasteiger partial charge in [0.25, 0.3) is 6.43 Å². The van der Waals surface area contributed by atoms with Crippen LogP contribution in [0.15, 0.2) is 11.1 Å². The first-order valence-electron chi connectivity index (χ1n) is 5.71. The van der Waals surface area contributed by atoms with Crippen LogP contribution in [-0.2, 0) is 4.79 Å². The lowest BCUT2D eigenvalue weighted by molar-refractivity contribution is -0.133. The monoisotopic (exact) mass is 276 g/mol. The van der Waals surface area contributed by atoms with E-state index < -0.39 is 12.4 Å². The zero-order valence-corrected chi connectivity index (χ0v) is 10.7. The first-order valence-corrected chi connectivity index (χ1v) is 6.69. The average Bonchev–Trinajstić information content (AvgIpc) is 3.05. The van der Waals surface area contributed by atoms with E-state index in [0.29, 0.717) is 10.9 Å². The van der Waals surface area contributed by atoms with Crippen molar-refractivity contribution in [2.75, 3.05) is 5.75 Å². The van der Waals surface area contributed by atoms with E-state index in [1.807, 2.05) is 6.92 Å². The van der Waals surface area contributed by atoms with Gasteiger partial charge in [0, 0.05) is 0 Å². The van der Waals surface area contributed by atoms with E-state index in [9.17, 15) is 13.6 Å². The number of carboxylic acids is 1. The molecular weight excluding hydrogens is 262 g/mol. The Bertz CT molecular complexity index is 446. The van der Waals surface area contributed by atoms with Crippen LogP contribution in [0.2, 0.25) is 0 Å². The van der Waals surface area contributed by atoms with Gasteiger partial charge in [-0.05, 0) is 31.7 Å². The number of aromatic nitrogens is 2. The van der Waals surface area contributed by atoms with Crippen LogP contribution in [-0.4, -0.2) is 26.6 Å². The van der Waals surface area contributed by atoms with Crippen molar-refractivity contribution in [1.82, 2.24) is 9.78 Å². The molecule has 1 unspecified atom stereocenters. The molecule has 0 spiro atoms. The molecule has 0 radical (unpaired) electrons. The molecule has 1 saturated carbocycles. The Labute approximate surface area is 107 Å². The predicted octanol–water partition coefficient (Wildman–Crippen LogP) is 2.97. The van der Waals surface area contributed by atoms with E-state index in [-0.39, 0.29) is 17.5 Å². The second-order valence-electron chi connectivity index (χ2n) is 4.41. The van der Waals surface area contributed by atoms with Crippen LogP contribution >= 0.6 is 11.8 Å². The summed E-state index contributed by atoms with van der Waals surface area (Å²) in [6, 6.07) is 1.34. The molecule has 1 aliphatic carbocycles. The summed E-state index contributed by atoms with van der Waals surface area (Å²) in [5, 5.41) is 13.1. The number of rotatable bonds is 6. The molecule has 7 heteroatoms. The zero-order valence-electron chi connectivity index (χ0n) is 9.84. The van der Waals surface area contributed by atoms with Gasteiger partial charge in [0.05, 0.1) is 16.8 Å². The number of nitrogens with zero attached hydrogens (tertiary/aromatic N) is 2. The zero-order chi connectivity index (χ0) is 13.3. The number of hydrogen-bond donors (Lipinski definition) is 1. The number of aliphatic carboxylic acids is 1. The summed E-state index contributed by atoms with van der Waals surface area (Å²) in [7, 11) is 0. The van der Waals surface area contributed by atoms with Crippen molar-refractivity contribution in [2.45, 2.75) is 37.3 Å². The van der Waals surface area contributed by atoms with Gasteiger partial charge >= 0.3 is 5.97 Å². The van der Waals surface area contributed by atoms with Crippen molar-refractivity contribution < 1.29 is 18.7 Å². The van der Waals surface area contributed by atoms with Crippen LogP contribution in [0.4, 0.5) is 8.78 Å². The van der Waals surface area contributed by atoms with Gasteiger partial charge in [-0.3, -0.25) is 9.48 Å². The molecule has 100 valence electrons. The van der Waals surface area contributed by atoms with E-state index in [1.165, 1.54) is 6.07 Å². The fraction of sp³-hybridized carbons (Fsp3) is 0.636. The van der Waals surface area contributed by atoms with Crippen LogP contribution in [0.25, 0.3) is 0 Å². The minimum atomic E-state index is -2.62. The third-order valence-corrected chi connectivity index (χ3v) is 3.97. The number of carboxylic acid groups (broad SMARTS) is 1. The number of alkyl halides is 2. The van der Waals surface area contributed by atoms with Gasteiger partial charge in [-0.1, -0.05) is 11.8 Å². The fourth-order valence-corrected chi connectivity index (χ4v) is 2.63. The SMILES string of the molecule is CC(C1CC1)n1nc(C(F)F)cc1SCC(=O)O. The molecule has 0 saturated heterocycles. The van der Waals surface area contributed by atoms with Crippen molar-refractivity contribution in [2.24, 2.45) is 5.92 Å². The summed E-state index contributed by atoms with van der Waals surface area (Å²) < 4.78 is 26.8. The van der Waals surface area contributed by atoms with E-state index >= 15 is 0 Å². The summed E-state index contributed by atoms with van der Waals surface area (Å²) in [5.74, 6) is -0.642. The van der Waals surface area contributed by atoms with Crippen molar-refractivity contribution in [3.8, 4) is 0 Å². The van der Waals surface area contributed by atoms with Crippen molar-refractivity contribution in [1.29, 1.82) is 0 Å². The second kappa shape index (κ2) is 5.26. The third kappa shape index (κ3) is 3.01. The molecule has 1 atom stereocenters. The third-order valence-electron chi connectivity index (χ3n) is 2.98. The number of hydrogen-bond acceptors (Lipinski definition) is 3. The molecule has 1 aliphatic rings. The van der Waals surface area contributed by atoms with Gasteiger partial charge in [-0.2, -0.15) is 5.10 Å². The van der Waals surface area contributed by atoms with Crippen molar-refractivity contribution in [3.05, 3.63) is 11.8 Å². The predicted molar refractivity (Wildman–Crippen MR) is 63.0 cm³/mol. The topological polar surface area (TPSA) is 55.1 Å². The molecule has 0 aromatic carbocycles.